The van der Waals surface area contributed by atoms with E-state index in [0.29, 0.717) is 0 Å². The molecule has 0 fully saturated rings. The summed E-state index contributed by atoms with van der Waals surface area (Å²) in [5.41, 5.74) is 4.69. The summed E-state index contributed by atoms with van der Waals surface area (Å²) in [7, 11) is 0. The maximum Gasteiger partial charge on any atom is 0.407 e. The van der Waals surface area contributed by atoms with Crippen molar-refractivity contribution in [2.45, 2.75) is 5.92 Å². The molecule has 1 aliphatic carbocycles. The van der Waals surface area contributed by atoms with Crippen LogP contribution < -0.4 is 5.32 Å². The fourth-order valence-electron chi connectivity index (χ4n) is 3.78. The fourth-order valence-corrected chi connectivity index (χ4v) is 3.78. The summed E-state index contributed by atoms with van der Waals surface area (Å²) in [5.74, 6) is -1.70. The van der Waals surface area contributed by atoms with Gasteiger partial charge in [-0.05, 0) is 40.5 Å². The second-order valence-electron chi connectivity index (χ2n) is 7.15. The summed E-state index contributed by atoms with van der Waals surface area (Å²) >= 11 is 0. The Kier molecular flexibility index (Phi) is 5.80. The van der Waals surface area contributed by atoms with Crippen molar-refractivity contribution in [2.24, 2.45) is 0 Å². The number of carbonyl (C=O) groups excluding carboxylic acids is 1. The van der Waals surface area contributed by atoms with E-state index < -0.39 is 17.9 Å². The van der Waals surface area contributed by atoms with E-state index in [1.165, 1.54) is 24.3 Å². The summed E-state index contributed by atoms with van der Waals surface area (Å²) in [5, 5.41) is 11.6. The summed E-state index contributed by atoms with van der Waals surface area (Å²) in [4.78, 5) is 23.1. The number of rotatable bonds is 6. The van der Waals surface area contributed by atoms with E-state index in [9.17, 15) is 14.0 Å². The van der Waals surface area contributed by atoms with Gasteiger partial charge in [-0.3, -0.25) is 0 Å². The molecule has 4 rings (SSSR count). The van der Waals surface area contributed by atoms with Crippen LogP contribution in [0.25, 0.3) is 17.2 Å². The zero-order valence-electron chi connectivity index (χ0n) is 16.5. The number of benzene rings is 3. The SMILES string of the molecule is O=C(NCC=Cc1cc(C(=O)O)ccc1F)OCC1c2ccccc2-c2ccccc21. The molecule has 31 heavy (non-hydrogen) atoms. The molecule has 2 N–H and O–H groups in total. The number of amides is 1. The number of carboxylic acids is 1. The van der Waals surface area contributed by atoms with E-state index in [4.69, 9.17) is 9.84 Å². The summed E-state index contributed by atoms with van der Waals surface area (Å²) in [6, 6.07) is 19.7. The van der Waals surface area contributed by atoms with Crippen molar-refractivity contribution in [3.05, 3.63) is 101 Å². The minimum Gasteiger partial charge on any atom is -0.478 e. The van der Waals surface area contributed by atoms with E-state index >= 15 is 0 Å². The molecule has 0 radical (unpaired) electrons. The van der Waals surface area contributed by atoms with E-state index in [2.05, 4.69) is 17.4 Å². The largest absolute Gasteiger partial charge is 0.478 e. The average molecular weight is 417 g/mol. The highest BCUT2D eigenvalue weighted by Crippen LogP contribution is 2.44. The van der Waals surface area contributed by atoms with E-state index in [-0.39, 0.29) is 30.2 Å². The first-order chi connectivity index (χ1) is 15.0. The second kappa shape index (κ2) is 8.83. The highest BCUT2D eigenvalue weighted by molar-refractivity contribution is 5.88. The Balaban J connectivity index is 1.34. The van der Waals surface area contributed by atoms with Crippen molar-refractivity contribution in [3.63, 3.8) is 0 Å². The van der Waals surface area contributed by atoms with Crippen molar-refractivity contribution < 1.29 is 23.8 Å². The van der Waals surface area contributed by atoms with Gasteiger partial charge in [-0.2, -0.15) is 0 Å². The molecule has 1 aliphatic rings. The summed E-state index contributed by atoms with van der Waals surface area (Å²) in [6.45, 7) is 0.326. The van der Waals surface area contributed by atoms with Gasteiger partial charge < -0.3 is 15.2 Å². The Labute approximate surface area is 178 Å². The van der Waals surface area contributed by atoms with Crippen molar-refractivity contribution in [1.82, 2.24) is 5.32 Å². The van der Waals surface area contributed by atoms with E-state index in [0.717, 1.165) is 28.3 Å². The van der Waals surface area contributed by atoms with Crippen LogP contribution in [0, 0.1) is 5.82 Å². The van der Waals surface area contributed by atoms with Gasteiger partial charge >= 0.3 is 12.1 Å². The molecule has 0 unspecified atom stereocenters. The third-order valence-electron chi connectivity index (χ3n) is 5.25. The lowest BCUT2D eigenvalue weighted by atomic mass is 9.98. The molecule has 0 aromatic heterocycles. The number of hydrogen-bond donors (Lipinski definition) is 2. The highest BCUT2D eigenvalue weighted by Gasteiger charge is 2.28. The zero-order valence-corrected chi connectivity index (χ0v) is 16.5. The number of aromatic carboxylic acids is 1. The van der Waals surface area contributed by atoms with Crippen LogP contribution in [-0.4, -0.2) is 30.3 Å². The van der Waals surface area contributed by atoms with Gasteiger partial charge in [0.2, 0.25) is 0 Å². The summed E-state index contributed by atoms with van der Waals surface area (Å²) < 4.78 is 19.2. The fraction of sp³-hybridized carbons (Fsp3) is 0.120. The number of alkyl carbamates (subject to hydrolysis) is 1. The molecule has 156 valence electrons. The molecule has 0 aliphatic heterocycles. The molecule has 1 amide bonds. The third-order valence-corrected chi connectivity index (χ3v) is 5.25. The van der Waals surface area contributed by atoms with Gasteiger partial charge in [-0.1, -0.05) is 60.7 Å². The van der Waals surface area contributed by atoms with Crippen molar-refractivity contribution in [3.8, 4) is 11.1 Å². The van der Waals surface area contributed by atoms with Crippen LogP contribution in [0.2, 0.25) is 0 Å². The molecule has 0 heterocycles. The number of ether oxygens (including phenoxy) is 1. The van der Waals surface area contributed by atoms with Crippen molar-refractivity contribution in [1.29, 1.82) is 0 Å². The lowest BCUT2D eigenvalue weighted by Crippen LogP contribution is -2.26. The molecule has 3 aromatic rings. The molecule has 0 spiro atoms. The smallest absolute Gasteiger partial charge is 0.407 e. The number of hydrogen-bond acceptors (Lipinski definition) is 3. The zero-order chi connectivity index (χ0) is 21.8. The molecular weight excluding hydrogens is 397 g/mol. The van der Waals surface area contributed by atoms with Crippen LogP contribution in [0.5, 0.6) is 0 Å². The Morgan fingerprint density at radius 3 is 2.29 bits per heavy atom. The van der Waals surface area contributed by atoms with Gasteiger partial charge in [0.1, 0.15) is 12.4 Å². The van der Waals surface area contributed by atoms with Gasteiger partial charge in [0.05, 0.1) is 5.56 Å². The van der Waals surface area contributed by atoms with Crippen LogP contribution in [0.4, 0.5) is 9.18 Å². The third kappa shape index (κ3) is 4.33. The van der Waals surface area contributed by atoms with E-state index in [1.54, 1.807) is 0 Å². The highest BCUT2D eigenvalue weighted by atomic mass is 19.1. The molecule has 0 bridgehead atoms. The maximum absolute atomic E-state index is 13.8. The topological polar surface area (TPSA) is 75.6 Å². The van der Waals surface area contributed by atoms with Gasteiger partial charge in [0, 0.05) is 18.0 Å². The first-order valence-corrected chi connectivity index (χ1v) is 9.83. The Morgan fingerprint density at radius 1 is 1.00 bits per heavy atom. The second-order valence-corrected chi connectivity index (χ2v) is 7.15. The Morgan fingerprint density at radius 2 is 1.65 bits per heavy atom. The molecule has 6 heteroatoms. The minimum atomic E-state index is -1.13. The predicted molar refractivity (Wildman–Crippen MR) is 115 cm³/mol. The van der Waals surface area contributed by atoms with Gasteiger partial charge in [0.25, 0.3) is 0 Å². The molecule has 0 saturated heterocycles. The van der Waals surface area contributed by atoms with Crippen molar-refractivity contribution >= 4 is 18.1 Å². The Hall–Kier alpha value is -3.93. The minimum absolute atomic E-state index is 0.00875. The van der Waals surface area contributed by atoms with E-state index in [1.807, 2.05) is 36.4 Å². The number of nitrogens with one attached hydrogen (secondary N) is 1. The molecule has 5 nitrogen and oxygen atoms in total. The average Bonchev–Trinajstić information content (AvgIpc) is 3.10. The number of carboxylic acid groups (broad SMARTS) is 1. The number of halogens is 1. The quantitative estimate of drug-likeness (QED) is 0.587. The van der Waals surface area contributed by atoms with Crippen LogP contribution >= 0.6 is 0 Å². The number of carbonyl (C=O) groups is 2. The molecular formula is C25H20FNO4. The molecule has 0 atom stereocenters. The Bertz CT molecular complexity index is 1130. The van der Waals surface area contributed by atoms with Crippen LogP contribution in [0.3, 0.4) is 0 Å². The monoisotopic (exact) mass is 417 g/mol. The van der Waals surface area contributed by atoms with Crippen molar-refractivity contribution in [2.75, 3.05) is 13.2 Å². The van der Waals surface area contributed by atoms with Gasteiger partial charge in [-0.25, -0.2) is 14.0 Å². The first kappa shape index (κ1) is 20.3. The normalized spacial score (nSPS) is 12.4. The summed E-state index contributed by atoms with van der Waals surface area (Å²) in [6.07, 6.45) is 2.38. The standard InChI is InChI=1S/C25H20FNO4/c26-23-12-11-17(24(28)29)14-16(23)6-5-13-27-25(30)31-15-22-20-9-3-1-7-18(20)19-8-2-4-10-21(19)22/h1-12,14,22H,13,15H2,(H,27,30)(H,28,29). The maximum atomic E-state index is 13.8. The first-order valence-electron chi connectivity index (χ1n) is 9.83. The lowest BCUT2D eigenvalue weighted by Gasteiger charge is -2.14. The molecule has 0 saturated carbocycles. The lowest BCUT2D eigenvalue weighted by molar-refractivity contribution is 0.0696. The number of fused-ring (bicyclic) bond motifs is 3. The molecule has 3 aromatic carbocycles. The predicted octanol–water partition coefficient (Wildman–Crippen LogP) is 5.08. The van der Waals surface area contributed by atoms with Gasteiger partial charge in [-0.15, -0.1) is 0 Å². The van der Waals surface area contributed by atoms with Gasteiger partial charge in [0.15, 0.2) is 0 Å². The van der Waals surface area contributed by atoms with Crippen LogP contribution in [0.1, 0.15) is 33.0 Å². The van der Waals surface area contributed by atoms with Crippen LogP contribution in [0.15, 0.2) is 72.8 Å². The van der Waals surface area contributed by atoms with Crippen LogP contribution in [-0.2, 0) is 4.74 Å².